The lowest BCUT2D eigenvalue weighted by molar-refractivity contribution is 0.0973. The molecule has 1 atom stereocenters. The maximum atomic E-state index is 13.2. The fraction of sp³-hybridized carbons (Fsp3) is 0.0833. The summed E-state index contributed by atoms with van der Waals surface area (Å²) in [7, 11) is 0. The Morgan fingerprint density at radius 1 is 0.900 bits per heavy atom. The minimum Gasteiger partial charge on any atom is -0.507 e. The molecular weight excluding hydrogens is 387 g/mol. The number of phenolic OH excluding ortho intramolecular Hbond substituents is 2. The molecule has 0 saturated carbocycles. The topological polar surface area (TPSA) is 94.8 Å². The molecule has 30 heavy (non-hydrogen) atoms. The van der Waals surface area contributed by atoms with Gasteiger partial charge in [0.15, 0.2) is 11.6 Å². The van der Waals surface area contributed by atoms with Crippen LogP contribution in [0.4, 0.5) is 4.39 Å². The number of aliphatic hydroxyl groups excluding tert-OH is 1. The van der Waals surface area contributed by atoms with Crippen LogP contribution < -0.4 is 0 Å². The summed E-state index contributed by atoms with van der Waals surface area (Å²) in [6.45, 7) is 0. The summed E-state index contributed by atoms with van der Waals surface area (Å²) in [5, 5.41) is 31.6. The van der Waals surface area contributed by atoms with Gasteiger partial charge in [-0.3, -0.25) is 9.59 Å². The van der Waals surface area contributed by atoms with E-state index in [4.69, 9.17) is 0 Å². The molecule has 1 unspecified atom stereocenters. The Labute approximate surface area is 171 Å². The summed E-state index contributed by atoms with van der Waals surface area (Å²) in [5.41, 5.74) is 0.204. The van der Waals surface area contributed by atoms with Gasteiger partial charge in [-0.05, 0) is 30.2 Å². The van der Waals surface area contributed by atoms with Crippen LogP contribution in [0.2, 0.25) is 0 Å². The lowest BCUT2D eigenvalue weighted by Gasteiger charge is -2.22. The van der Waals surface area contributed by atoms with Crippen LogP contribution >= 0.6 is 0 Å². The molecule has 0 aromatic heterocycles. The van der Waals surface area contributed by atoms with E-state index in [0.717, 1.165) is 6.07 Å². The smallest absolute Gasteiger partial charge is 0.198 e. The van der Waals surface area contributed by atoms with E-state index in [0.29, 0.717) is 5.56 Å². The summed E-state index contributed by atoms with van der Waals surface area (Å²) in [4.78, 5) is 25.6. The summed E-state index contributed by atoms with van der Waals surface area (Å²) < 4.78 is 13.2. The zero-order chi connectivity index (χ0) is 21.4. The van der Waals surface area contributed by atoms with Gasteiger partial charge in [0.05, 0.1) is 17.2 Å². The van der Waals surface area contributed by atoms with Crippen LogP contribution in [-0.2, 0) is 0 Å². The number of rotatable bonds is 4. The highest BCUT2D eigenvalue weighted by atomic mass is 19.1. The fourth-order valence-corrected chi connectivity index (χ4v) is 3.60. The van der Waals surface area contributed by atoms with E-state index >= 15 is 0 Å². The Balaban J connectivity index is 1.68. The van der Waals surface area contributed by atoms with Crippen molar-refractivity contribution in [1.82, 2.24) is 0 Å². The van der Waals surface area contributed by atoms with Crippen LogP contribution in [0, 0.1) is 5.82 Å². The van der Waals surface area contributed by atoms with E-state index in [-0.39, 0.29) is 34.2 Å². The lowest BCUT2D eigenvalue weighted by atomic mass is 9.81. The zero-order valence-corrected chi connectivity index (χ0v) is 15.7. The third-order valence-electron chi connectivity index (χ3n) is 5.06. The van der Waals surface area contributed by atoms with Crippen molar-refractivity contribution < 1.29 is 29.3 Å². The molecule has 3 aromatic rings. The Kier molecular flexibility index (Phi) is 4.93. The summed E-state index contributed by atoms with van der Waals surface area (Å²) in [6, 6.07) is 13.1. The van der Waals surface area contributed by atoms with E-state index in [9.17, 15) is 29.3 Å². The second kappa shape index (κ2) is 7.57. The predicted molar refractivity (Wildman–Crippen MR) is 108 cm³/mol. The molecule has 0 aliphatic heterocycles. The number of aromatic hydroxyl groups is 2. The van der Waals surface area contributed by atoms with Crippen LogP contribution in [0.15, 0.2) is 60.7 Å². The van der Waals surface area contributed by atoms with Crippen molar-refractivity contribution in [2.24, 2.45) is 0 Å². The number of hydrogen-bond acceptors (Lipinski definition) is 5. The van der Waals surface area contributed by atoms with Crippen LogP contribution in [0.3, 0.4) is 0 Å². The van der Waals surface area contributed by atoms with E-state index in [1.165, 1.54) is 24.3 Å². The van der Waals surface area contributed by atoms with Gasteiger partial charge < -0.3 is 15.3 Å². The third kappa shape index (κ3) is 3.27. The van der Waals surface area contributed by atoms with Crippen molar-refractivity contribution in [3.63, 3.8) is 0 Å². The maximum absolute atomic E-state index is 13.2. The highest BCUT2D eigenvalue weighted by Crippen LogP contribution is 2.42. The van der Waals surface area contributed by atoms with Gasteiger partial charge in [0, 0.05) is 16.7 Å². The average Bonchev–Trinajstić information content (AvgIpc) is 2.73. The van der Waals surface area contributed by atoms with Crippen LogP contribution in [0.5, 0.6) is 11.5 Å². The second-order valence-corrected chi connectivity index (χ2v) is 7.00. The number of aliphatic hydroxyl groups is 1. The molecule has 3 aromatic carbocycles. The summed E-state index contributed by atoms with van der Waals surface area (Å²) in [6.07, 6.45) is 1.96. The van der Waals surface area contributed by atoms with E-state index in [1.807, 2.05) is 0 Å². The highest BCUT2D eigenvalue weighted by molar-refractivity contribution is 6.30. The number of hydrogen-bond donors (Lipinski definition) is 3. The lowest BCUT2D eigenvalue weighted by Crippen LogP contribution is -2.22. The standard InChI is InChI=1S/C24H17FO5/c25-14-7-3-5-13(11-14)6-4-10-18(26)17-12-19(27)20-21(24(17)30)23(29)16-9-2-1-8-15(16)22(20)28/h1-9,11-12,18,26-27,30H,10H2/b6-4+. The minimum absolute atomic E-state index is 0.0288. The molecule has 5 nitrogen and oxygen atoms in total. The van der Waals surface area contributed by atoms with E-state index in [2.05, 4.69) is 0 Å². The number of phenols is 2. The first-order valence-electron chi connectivity index (χ1n) is 9.26. The first kappa shape index (κ1) is 19.5. The normalized spacial score (nSPS) is 13.9. The molecule has 150 valence electrons. The SMILES string of the molecule is O=C1c2ccccc2C(=O)c2c(O)c(C(O)C/C=C/c3cccc(F)c3)cc(O)c21. The van der Waals surface area contributed by atoms with Crippen molar-refractivity contribution in [2.75, 3.05) is 0 Å². The molecule has 1 aliphatic carbocycles. The Bertz CT molecular complexity index is 1210. The van der Waals surface area contributed by atoms with Gasteiger partial charge in [0.25, 0.3) is 0 Å². The first-order chi connectivity index (χ1) is 14.4. The third-order valence-corrected chi connectivity index (χ3v) is 5.06. The quantitative estimate of drug-likeness (QED) is 0.444. The number of carbonyl (C=O) groups is 2. The molecule has 4 rings (SSSR count). The van der Waals surface area contributed by atoms with Crippen molar-refractivity contribution in [2.45, 2.75) is 12.5 Å². The maximum Gasteiger partial charge on any atom is 0.198 e. The summed E-state index contributed by atoms with van der Waals surface area (Å²) in [5.74, 6) is -2.59. The van der Waals surface area contributed by atoms with Crippen molar-refractivity contribution in [3.8, 4) is 11.5 Å². The molecule has 3 N–H and O–H groups in total. The predicted octanol–water partition coefficient (Wildman–Crippen LogP) is 4.15. The largest absolute Gasteiger partial charge is 0.507 e. The molecule has 0 saturated heterocycles. The summed E-state index contributed by atoms with van der Waals surface area (Å²) >= 11 is 0. The van der Waals surface area contributed by atoms with Crippen LogP contribution in [-0.4, -0.2) is 26.9 Å². The molecule has 0 spiro atoms. The average molecular weight is 404 g/mol. The fourth-order valence-electron chi connectivity index (χ4n) is 3.60. The van der Waals surface area contributed by atoms with Crippen LogP contribution in [0.25, 0.3) is 6.08 Å². The molecule has 6 heteroatoms. The number of fused-ring (bicyclic) bond motifs is 2. The minimum atomic E-state index is -1.26. The second-order valence-electron chi connectivity index (χ2n) is 7.00. The van der Waals surface area contributed by atoms with Gasteiger partial charge in [-0.25, -0.2) is 4.39 Å². The number of ketones is 2. The monoisotopic (exact) mass is 404 g/mol. The van der Waals surface area contributed by atoms with Gasteiger partial charge in [-0.15, -0.1) is 0 Å². The van der Waals surface area contributed by atoms with Crippen molar-refractivity contribution >= 4 is 17.6 Å². The van der Waals surface area contributed by atoms with Crippen molar-refractivity contribution in [1.29, 1.82) is 0 Å². The van der Waals surface area contributed by atoms with Gasteiger partial charge in [-0.1, -0.05) is 48.6 Å². The zero-order valence-electron chi connectivity index (χ0n) is 15.7. The highest BCUT2D eigenvalue weighted by Gasteiger charge is 2.36. The molecule has 0 amide bonds. The Morgan fingerprint density at radius 3 is 2.23 bits per heavy atom. The van der Waals surface area contributed by atoms with Gasteiger partial charge >= 0.3 is 0 Å². The Morgan fingerprint density at radius 2 is 1.57 bits per heavy atom. The molecule has 1 aliphatic rings. The Hall–Kier alpha value is -3.77. The molecule has 0 radical (unpaired) electrons. The van der Waals surface area contributed by atoms with E-state index in [1.54, 1.807) is 36.4 Å². The molecule has 0 heterocycles. The number of halogens is 1. The molecule has 0 fully saturated rings. The van der Waals surface area contributed by atoms with Gasteiger partial charge in [0.1, 0.15) is 17.3 Å². The van der Waals surface area contributed by atoms with Crippen molar-refractivity contribution in [3.05, 3.63) is 99.9 Å². The molecular formula is C24H17FO5. The van der Waals surface area contributed by atoms with E-state index < -0.39 is 35.0 Å². The van der Waals surface area contributed by atoms with Gasteiger partial charge in [0.2, 0.25) is 0 Å². The van der Waals surface area contributed by atoms with Gasteiger partial charge in [-0.2, -0.15) is 0 Å². The number of carbonyl (C=O) groups excluding carboxylic acids is 2. The number of benzene rings is 3. The van der Waals surface area contributed by atoms with Crippen LogP contribution in [0.1, 0.15) is 55.5 Å². The first-order valence-corrected chi connectivity index (χ1v) is 9.26. The molecule has 0 bridgehead atoms.